The molecule has 0 saturated heterocycles. The van der Waals surface area contributed by atoms with Crippen molar-refractivity contribution >= 4 is 65.8 Å². The largest absolute Gasteiger partial charge is 0.317 e. The SMILES string of the molecule is [C-]#[N+]c1cc2c(c([N+]#[C-])c1[N+]#[C-])c1c3ccccc3ccc1c1c3ccccc3cn21. The normalized spacial score (nSPS) is 11.1. The smallest absolute Gasteiger partial charge is 0.201 e. The molecule has 0 N–H and O–H groups in total. The van der Waals surface area contributed by atoms with Crippen LogP contribution >= 0.6 is 0 Å². The minimum atomic E-state index is 0.128. The van der Waals surface area contributed by atoms with Gasteiger partial charge in [-0.15, -0.1) is 0 Å². The van der Waals surface area contributed by atoms with E-state index in [9.17, 15) is 0 Å². The monoisotopic (exact) mass is 392 g/mol. The second-order valence-corrected chi connectivity index (χ2v) is 7.47. The first kappa shape index (κ1) is 17.0. The zero-order valence-electron chi connectivity index (χ0n) is 16.2. The number of fused-ring (bicyclic) bond motifs is 10. The van der Waals surface area contributed by atoms with Crippen LogP contribution in [0.3, 0.4) is 0 Å². The van der Waals surface area contributed by atoms with E-state index >= 15 is 0 Å². The molecule has 2 aromatic heterocycles. The third kappa shape index (κ3) is 2.10. The Morgan fingerprint density at radius 2 is 1.32 bits per heavy atom. The second-order valence-electron chi connectivity index (χ2n) is 7.47. The molecule has 6 aromatic rings. The number of rotatable bonds is 0. The molecule has 0 unspecified atom stereocenters. The molecule has 0 aliphatic carbocycles. The number of hydrogen-bond acceptors (Lipinski definition) is 0. The lowest BCUT2D eigenvalue weighted by Crippen LogP contribution is -1.91. The highest BCUT2D eigenvalue weighted by Crippen LogP contribution is 2.49. The van der Waals surface area contributed by atoms with E-state index in [0.717, 1.165) is 48.7 Å². The van der Waals surface area contributed by atoms with Crippen LogP contribution < -0.4 is 0 Å². The van der Waals surface area contributed by atoms with Gasteiger partial charge in [-0.05, 0) is 27.6 Å². The second kappa shape index (κ2) is 6.07. The number of benzene rings is 4. The minimum absolute atomic E-state index is 0.128. The van der Waals surface area contributed by atoms with E-state index in [1.807, 2.05) is 24.3 Å². The van der Waals surface area contributed by atoms with Crippen LogP contribution in [0.1, 0.15) is 0 Å². The van der Waals surface area contributed by atoms with Gasteiger partial charge in [0, 0.05) is 27.9 Å². The standard InChI is InChI=1S/C27H12N4/c1-28-21-14-22-24(26(30-3)25(21)29-2)23-18-10-6-4-8-16(18)12-13-20(23)27-19-11-7-5-9-17(19)15-31(22)27/h4-15H. The summed E-state index contributed by atoms with van der Waals surface area (Å²) in [7, 11) is 0. The zero-order valence-corrected chi connectivity index (χ0v) is 16.2. The van der Waals surface area contributed by atoms with Gasteiger partial charge in [0.2, 0.25) is 5.69 Å². The van der Waals surface area contributed by atoms with Gasteiger partial charge >= 0.3 is 0 Å². The molecule has 4 aromatic carbocycles. The predicted octanol–water partition coefficient (Wildman–Crippen LogP) is 8.20. The third-order valence-electron chi connectivity index (χ3n) is 6.00. The average molecular weight is 392 g/mol. The highest BCUT2D eigenvalue weighted by Gasteiger charge is 2.21. The highest BCUT2D eigenvalue weighted by molar-refractivity contribution is 6.31. The van der Waals surface area contributed by atoms with Gasteiger partial charge in [-0.2, -0.15) is 0 Å². The number of pyridine rings is 1. The molecule has 0 spiro atoms. The van der Waals surface area contributed by atoms with Crippen LogP contribution in [0, 0.1) is 19.7 Å². The average Bonchev–Trinajstić information content (AvgIpc) is 3.22. The van der Waals surface area contributed by atoms with E-state index in [2.05, 4.69) is 61.5 Å². The maximum Gasteiger partial charge on any atom is 0.201 e. The molecule has 0 aliphatic heterocycles. The van der Waals surface area contributed by atoms with Crippen molar-refractivity contribution in [2.24, 2.45) is 0 Å². The Hall–Kier alpha value is -4.85. The van der Waals surface area contributed by atoms with Crippen molar-refractivity contribution in [3.05, 3.63) is 107 Å². The molecular weight excluding hydrogens is 380 g/mol. The molecule has 0 atom stereocenters. The van der Waals surface area contributed by atoms with Crippen LogP contribution in [-0.2, 0) is 0 Å². The molecule has 4 nitrogen and oxygen atoms in total. The summed E-state index contributed by atoms with van der Waals surface area (Å²) in [4.78, 5) is 10.9. The summed E-state index contributed by atoms with van der Waals surface area (Å²) in [5.41, 5.74) is 2.42. The van der Waals surface area contributed by atoms with Gasteiger partial charge in [-0.3, -0.25) is 14.5 Å². The molecule has 31 heavy (non-hydrogen) atoms. The summed E-state index contributed by atoms with van der Waals surface area (Å²) in [6.07, 6.45) is 2.06. The predicted molar refractivity (Wildman–Crippen MR) is 126 cm³/mol. The summed E-state index contributed by atoms with van der Waals surface area (Å²) >= 11 is 0. The van der Waals surface area contributed by atoms with Crippen LogP contribution in [0.4, 0.5) is 17.1 Å². The van der Waals surface area contributed by atoms with E-state index in [1.54, 1.807) is 6.07 Å². The molecule has 0 radical (unpaired) electrons. The Kier molecular flexibility index (Phi) is 3.34. The maximum absolute atomic E-state index is 7.91. The van der Waals surface area contributed by atoms with E-state index in [-0.39, 0.29) is 17.1 Å². The van der Waals surface area contributed by atoms with Crippen LogP contribution in [-0.4, -0.2) is 4.40 Å². The van der Waals surface area contributed by atoms with Gasteiger partial charge in [0.25, 0.3) is 0 Å². The van der Waals surface area contributed by atoms with Crippen molar-refractivity contribution in [3.63, 3.8) is 0 Å². The molecule has 4 heteroatoms. The van der Waals surface area contributed by atoms with Crippen molar-refractivity contribution in [3.8, 4) is 0 Å². The number of nitrogens with zero attached hydrogens (tertiary/aromatic N) is 4. The molecule has 0 aliphatic rings. The molecule has 0 amide bonds. The van der Waals surface area contributed by atoms with Gasteiger partial charge in [-0.25, -0.2) is 0 Å². The highest BCUT2D eigenvalue weighted by atomic mass is 14.9. The lowest BCUT2D eigenvalue weighted by atomic mass is 9.95. The summed E-state index contributed by atoms with van der Waals surface area (Å²) in [5.74, 6) is 0. The minimum Gasteiger partial charge on any atom is -0.317 e. The Labute approximate surface area is 177 Å². The summed E-state index contributed by atoms with van der Waals surface area (Å²) in [5, 5.41) is 7.04. The summed E-state index contributed by atoms with van der Waals surface area (Å²) < 4.78 is 2.08. The third-order valence-corrected chi connectivity index (χ3v) is 6.00. The van der Waals surface area contributed by atoms with Crippen molar-refractivity contribution in [1.29, 1.82) is 0 Å². The van der Waals surface area contributed by atoms with Gasteiger partial charge in [0.15, 0.2) is 11.4 Å². The Balaban J connectivity index is 2.10. The van der Waals surface area contributed by atoms with Crippen molar-refractivity contribution < 1.29 is 0 Å². The number of aromatic nitrogens is 1. The lowest BCUT2D eigenvalue weighted by molar-refractivity contribution is 1.30. The van der Waals surface area contributed by atoms with Crippen LogP contribution in [0.5, 0.6) is 0 Å². The van der Waals surface area contributed by atoms with E-state index in [1.165, 1.54) is 0 Å². The quantitative estimate of drug-likeness (QED) is 0.183. The van der Waals surface area contributed by atoms with Crippen molar-refractivity contribution in [1.82, 2.24) is 4.40 Å². The van der Waals surface area contributed by atoms with Gasteiger partial charge in [0.05, 0.1) is 25.2 Å². The van der Waals surface area contributed by atoms with E-state index in [0.29, 0.717) is 0 Å². The van der Waals surface area contributed by atoms with Crippen molar-refractivity contribution in [2.45, 2.75) is 0 Å². The Morgan fingerprint density at radius 3 is 2.06 bits per heavy atom. The molecular formula is C27H12N4. The molecule has 140 valence electrons. The lowest BCUT2D eigenvalue weighted by Gasteiger charge is -2.15. The van der Waals surface area contributed by atoms with Crippen molar-refractivity contribution in [2.75, 3.05) is 0 Å². The maximum atomic E-state index is 7.91. The number of hydrogen-bond donors (Lipinski definition) is 0. The molecule has 0 saturated carbocycles. The Bertz CT molecular complexity index is 1870. The fourth-order valence-corrected chi connectivity index (χ4v) is 4.73. The fraction of sp³-hybridized carbons (Fsp3) is 0. The molecule has 6 rings (SSSR count). The van der Waals surface area contributed by atoms with E-state index in [4.69, 9.17) is 19.7 Å². The summed E-state index contributed by atoms with van der Waals surface area (Å²) in [6.45, 7) is 23.2. The summed E-state index contributed by atoms with van der Waals surface area (Å²) in [6, 6.07) is 22.3. The zero-order chi connectivity index (χ0) is 21.1. The molecule has 2 heterocycles. The van der Waals surface area contributed by atoms with E-state index < -0.39 is 0 Å². The van der Waals surface area contributed by atoms with Crippen LogP contribution in [0.15, 0.2) is 72.9 Å². The van der Waals surface area contributed by atoms with Gasteiger partial charge < -0.3 is 4.40 Å². The Morgan fingerprint density at radius 1 is 0.613 bits per heavy atom. The molecule has 0 bridgehead atoms. The topological polar surface area (TPSA) is 17.5 Å². The first-order valence-electron chi connectivity index (χ1n) is 9.73. The molecule has 0 fully saturated rings. The van der Waals surface area contributed by atoms with Crippen LogP contribution in [0.25, 0.3) is 63.3 Å². The van der Waals surface area contributed by atoms with Gasteiger partial charge in [0.1, 0.15) is 0 Å². The first-order valence-corrected chi connectivity index (χ1v) is 9.73. The first-order chi connectivity index (χ1) is 15.3. The fourth-order valence-electron chi connectivity index (χ4n) is 4.73. The van der Waals surface area contributed by atoms with Gasteiger partial charge in [-0.1, -0.05) is 60.7 Å². The van der Waals surface area contributed by atoms with Crippen LogP contribution in [0.2, 0.25) is 0 Å².